The van der Waals surface area contributed by atoms with E-state index in [1.807, 2.05) is 19.1 Å². The smallest absolute Gasteiger partial charge is 0.168 e. The van der Waals surface area contributed by atoms with Crippen molar-refractivity contribution >= 4 is 45.6 Å². The van der Waals surface area contributed by atoms with E-state index in [2.05, 4.69) is 32.8 Å². The van der Waals surface area contributed by atoms with Gasteiger partial charge in [-0.15, -0.1) is 0 Å². The zero-order valence-corrected chi connectivity index (χ0v) is 18.0. The van der Waals surface area contributed by atoms with Gasteiger partial charge in [-0.1, -0.05) is 27.8 Å². The van der Waals surface area contributed by atoms with E-state index in [1.165, 1.54) is 12.3 Å². The Morgan fingerprint density at radius 3 is 2.70 bits per heavy atom. The monoisotopic (exact) mass is 488 g/mol. The van der Waals surface area contributed by atoms with Gasteiger partial charge in [0.05, 0.1) is 5.56 Å². The molecule has 0 saturated carbocycles. The van der Waals surface area contributed by atoms with Gasteiger partial charge in [-0.2, -0.15) is 4.47 Å². The number of nitrogens with zero attached hydrogens (tertiary/aromatic N) is 2. The molecule has 0 unspecified atom stereocenters. The minimum absolute atomic E-state index is 0.158. The molecule has 2 aromatic carbocycles. The normalized spacial score (nSPS) is 10.3. The van der Waals surface area contributed by atoms with Gasteiger partial charge in [0.25, 0.3) is 0 Å². The molecule has 0 amide bonds. The fourth-order valence-electron chi connectivity index (χ4n) is 2.52. The van der Waals surface area contributed by atoms with E-state index in [9.17, 15) is 14.0 Å². The molecule has 0 saturated heterocycles. The number of hydrogen-bond donors (Lipinski definition) is 3. The highest BCUT2D eigenvalue weighted by molar-refractivity contribution is 9.10. The molecule has 30 heavy (non-hydrogen) atoms. The number of halogens is 3. The van der Waals surface area contributed by atoms with Crippen molar-refractivity contribution in [2.24, 2.45) is 0 Å². The van der Waals surface area contributed by atoms with Gasteiger partial charge in [0.2, 0.25) is 0 Å². The number of aromatic nitrogens is 1. The number of rotatable bonds is 4. The van der Waals surface area contributed by atoms with Crippen LogP contribution in [0.15, 0.2) is 52.0 Å². The molecule has 0 atom stereocenters. The lowest BCUT2D eigenvalue weighted by molar-refractivity contribution is 0.327. The average Bonchev–Trinajstić information content (AvgIpc) is 2.68. The molecule has 0 spiro atoms. The van der Waals surface area contributed by atoms with Gasteiger partial charge in [-0.05, 0) is 48.9 Å². The van der Waals surface area contributed by atoms with Crippen molar-refractivity contribution < 1.29 is 14.0 Å². The Labute approximate surface area is 184 Å². The van der Waals surface area contributed by atoms with Gasteiger partial charge in [-0.3, -0.25) is 5.21 Å². The second kappa shape index (κ2) is 9.26. The van der Waals surface area contributed by atoms with Crippen LogP contribution < -0.4 is 10.2 Å². The summed E-state index contributed by atoms with van der Waals surface area (Å²) in [5, 5.41) is 17.6. The Kier molecular flexibility index (Phi) is 6.72. The molecular weight excluding hydrogens is 474 g/mol. The summed E-state index contributed by atoms with van der Waals surface area (Å²) in [6.45, 7) is 1.89. The lowest BCUT2D eigenvalue weighted by Gasteiger charge is -2.17. The fourth-order valence-corrected chi connectivity index (χ4v) is 4.14. The number of nitrogen functional groups attached to an aromatic ring is 1. The Morgan fingerprint density at radius 2 is 2.00 bits per heavy atom. The molecule has 152 valence electrons. The van der Waals surface area contributed by atoms with Crippen LogP contribution in [-0.2, 0) is 0 Å². The summed E-state index contributed by atoms with van der Waals surface area (Å²) in [4.78, 5) is 4.56. The molecule has 0 aliphatic carbocycles. The Bertz CT molecular complexity index is 1170. The molecule has 5 nitrogen and oxygen atoms in total. The summed E-state index contributed by atoms with van der Waals surface area (Å²) >= 11 is 4.24. The maximum Gasteiger partial charge on any atom is 0.168 e. The average molecular weight is 489 g/mol. The number of nitrogens with one attached hydrogen (secondary N) is 1. The van der Waals surface area contributed by atoms with E-state index in [4.69, 9.17) is 11.1 Å². The minimum Gasteiger partial charge on any atom is -0.383 e. The lowest BCUT2D eigenvalue weighted by Crippen LogP contribution is -2.11. The third-order valence-corrected chi connectivity index (χ3v) is 5.20. The van der Waals surface area contributed by atoms with Crippen LogP contribution in [0.5, 0.6) is 0 Å². The van der Waals surface area contributed by atoms with Crippen LogP contribution in [0.3, 0.4) is 0 Å². The summed E-state index contributed by atoms with van der Waals surface area (Å²) in [5.41, 5.74) is 6.53. The minimum atomic E-state index is -1.00. The van der Waals surface area contributed by atoms with Crippen molar-refractivity contribution in [3.05, 3.63) is 81.0 Å². The number of anilines is 2. The molecule has 4 N–H and O–H groups in total. The molecule has 0 fully saturated rings. The van der Waals surface area contributed by atoms with E-state index in [0.717, 1.165) is 40.3 Å². The molecule has 3 aromatic rings. The predicted octanol–water partition coefficient (Wildman–Crippen LogP) is 5.31. The third kappa shape index (κ3) is 4.97. The maximum absolute atomic E-state index is 14.9. The first-order valence-corrected chi connectivity index (χ1v) is 10.1. The predicted molar refractivity (Wildman–Crippen MR) is 118 cm³/mol. The lowest BCUT2D eigenvalue weighted by atomic mass is 10.1. The standard InChI is InChI=1S/C21H15BrF2N4OS/c1-12-6-15(22)9-16(7-12)30-28(29)19-5-4-18(23)17(20(19)24)3-2-13-8-14(10-25)21(26)27-11-13/h4-11,25,29H,1H3,(H2,26,27). The Morgan fingerprint density at radius 1 is 1.23 bits per heavy atom. The largest absolute Gasteiger partial charge is 0.383 e. The molecule has 0 radical (unpaired) electrons. The highest BCUT2D eigenvalue weighted by Crippen LogP contribution is 2.33. The van der Waals surface area contributed by atoms with Crippen LogP contribution in [0, 0.1) is 35.8 Å². The molecule has 0 aliphatic heterocycles. The second-order valence-corrected chi connectivity index (χ2v) is 8.09. The summed E-state index contributed by atoms with van der Waals surface area (Å²) in [6, 6.07) is 9.13. The van der Waals surface area contributed by atoms with Gasteiger partial charge in [0.1, 0.15) is 17.3 Å². The molecule has 9 heteroatoms. The molecule has 0 bridgehead atoms. The summed E-state index contributed by atoms with van der Waals surface area (Å²) in [7, 11) is 0. The van der Waals surface area contributed by atoms with Crippen molar-refractivity contribution in [1.82, 2.24) is 4.98 Å². The van der Waals surface area contributed by atoms with E-state index in [-0.39, 0.29) is 11.5 Å². The summed E-state index contributed by atoms with van der Waals surface area (Å²) < 4.78 is 30.6. The van der Waals surface area contributed by atoms with Crippen LogP contribution in [0.25, 0.3) is 0 Å². The van der Waals surface area contributed by atoms with E-state index in [1.54, 1.807) is 6.07 Å². The number of benzene rings is 2. The van der Waals surface area contributed by atoms with Crippen molar-refractivity contribution in [2.75, 3.05) is 10.2 Å². The van der Waals surface area contributed by atoms with Crippen molar-refractivity contribution in [3.63, 3.8) is 0 Å². The quantitative estimate of drug-likeness (QED) is 0.200. The van der Waals surface area contributed by atoms with Gasteiger partial charge in [0.15, 0.2) is 5.82 Å². The first kappa shape index (κ1) is 21.8. The SMILES string of the molecule is Cc1cc(Br)cc(SN(O)c2ccc(F)c(C#Cc3cnc(N)c(C=N)c3)c2F)c1. The number of pyridine rings is 1. The highest BCUT2D eigenvalue weighted by atomic mass is 79.9. The van der Waals surface area contributed by atoms with Gasteiger partial charge >= 0.3 is 0 Å². The van der Waals surface area contributed by atoms with E-state index in [0.29, 0.717) is 20.5 Å². The molecule has 0 aliphatic rings. The van der Waals surface area contributed by atoms with Crippen LogP contribution in [0.1, 0.15) is 22.3 Å². The Hall–Kier alpha value is -2.93. The van der Waals surface area contributed by atoms with Gasteiger partial charge in [-0.25, -0.2) is 13.8 Å². The molecule has 1 aromatic heterocycles. The Balaban J connectivity index is 1.93. The number of nitrogens with two attached hydrogens (primary N) is 1. The van der Waals surface area contributed by atoms with Crippen LogP contribution in [0.4, 0.5) is 20.3 Å². The molecule has 1 heterocycles. The first-order chi connectivity index (χ1) is 14.3. The van der Waals surface area contributed by atoms with Crippen LogP contribution >= 0.6 is 27.9 Å². The fraction of sp³-hybridized carbons (Fsp3) is 0.0476. The van der Waals surface area contributed by atoms with E-state index < -0.39 is 17.2 Å². The van der Waals surface area contributed by atoms with E-state index >= 15 is 0 Å². The molecular formula is C21H15BrF2N4OS. The van der Waals surface area contributed by atoms with Crippen LogP contribution in [0.2, 0.25) is 0 Å². The first-order valence-electron chi connectivity index (χ1n) is 8.48. The number of hydrogen-bond acceptors (Lipinski definition) is 6. The summed E-state index contributed by atoms with van der Waals surface area (Å²) in [5.74, 6) is 3.34. The number of aryl methyl sites for hydroxylation is 1. The summed E-state index contributed by atoms with van der Waals surface area (Å²) in [6.07, 6.45) is 2.36. The zero-order chi connectivity index (χ0) is 21.8. The maximum atomic E-state index is 14.9. The van der Waals surface area contributed by atoms with Crippen molar-refractivity contribution in [2.45, 2.75) is 11.8 Å². The second-order valence-electron chi connectivity index (χ2n) is 6.18. The van der Waals surface area contributed by atoms with Gasteiger partial charge in [0, 0.05) is 44.9 Å². The van der Waals surface area contributed by atoms with Gasteiger partial charge < -0.3 is 11.1 Å². The highest BCUT2D eigenvalue weighted by Gasteiger charge is 2.18. The van der Waals surface area contributed by atoms with Crippen molar-refractivity contribution in [3.8, 4) is 11.8 Å². The van der Waals surface area contributed by atoms with Crippen LogP contribution in [-0.4, -0.2) is 16.4 Å². The zero-order valence-electron chi connectivity index (χ0n) is 15.6. The van der Waals surface area contributed by atoms with Crippen molar-refractivity contribution in [1.29, 1.82) is 5.41 Å². The molecule has 3 rings (SSSR count). The third-order valence-electron chi connectivity index (χ3n) is 3.92. The topological polar surface area (TPSA) is 86.2 Å².